The van der Waals surface area contributed by atoms with Crippen LogP contribution in [-0.2, 0) is 56.4 Å². The third-order valence-electron chi connectivity index (χ3n) is 16.2. The molecule has 16 aromatic rings. The third-order valence-corrected chi connectivity index (χ3v) is 19.2. The molecular weight excluding hydrogens is 1600 g/mol. The SMILES string of the molecule is C[n+]1c(Cl)ccc2ccccc21.C[n+]1c(Cl)ccc2ccccc21.C[n+]1c(Cl)ccc2ccccc21.C[n+]1c(Cl)ccc2ccccc21.C[n+]1c(Cl)ccc2ccccc21.C[n+]1c(Cl)ccc2ccccc21.C[n+]1c(Cl)ccc2ccccc21.C[n+]1c(Cl)ccc2ccccc21.[O-]B([O-])F.[O-]B([O-])F.[O-]B([O-])F.[O-]B([O-])F. The van der Waals surface area contributed by atoms with Gasteiger partial charge >= 0.3 is 0 Å². The highest BCUT2D eigenvalue weighted by Crippen LogP contribution is 2.19. The minimum absolute atomic E-state index is 0.758. The number of hydrogen-bond acceptors (Lipinski definition) is 8. The molecule has 32 heteroatoms. The Morgan fingerprint density at radius 2 is 0.250 bits per heavy atom. The van der Waals surface area contributed by atoms with Gasteiger partial charge in [0.2, 0.25) is 44.1 Å². The standard InChI is InChI=1S/8C10H9ClN.4BFO2/c8*1-12-9-5-3-2-4-8(9)6-7-10(12)11;4*2-1(3)4/h8*2-7H,1H3;;;;/q8*+1;4*-2. The van der Waals surface area contributed by atoms with E-state index in [9.17, 15) is 17.3 Å². The average molecular weight is 1680 g/mol. The predicted molar refractivity (Wildman–Crippen MR) is 429 cm³/mol. The van der Waals surface area contributed by atoms with Gasteiger partial charge in [0, 0.05) is 140 Å². The Bertz CT molecular complexity index is 4670. The van der Waals surface area contributed by atoms with Gasteiger partial charge in [-0.25, -0.2) is 0 Å². The summed E-state index contributed by atoms with van der Waals surface area (Å²) in [5.74, 6) is 0. The molecule has 8 heterocycles. The molecule has 0 aliphatic rings. The van der Waals surface area contributed by atoms with Crippen molar-refractivity contribution >= 4 is 210 Å². The van der Waals surface area contributed by atoms with Crippen LogP contribution >= 0.6 is 92.8 Å². The highest BCUT2D eigenvalue weighted by molar-refractivity contribution is 6.31. The van der Waals surface area contributed by atoms with E-state index in [0.717, 1.165) is 85.4 Å². The van der Waals surface area contributed by atoms with Crippen LogP contribution in [0.1, 0.15) is 0 Å². The van der Waals surface area contributed by atoms with Crippen molar-refractivity contribution in [1.82, 2.24) is 0 Å². The van der Waals surface area contributed by atoms with Gasteiger partial charge in [-0.3, -0.25) is 0 Å². The molecule has 0 radical (unpaired) electrons. The fourth-order valence-corrected chi connectivity index (χ4v) is 11.8. The molecule has 16 nitrogen and oxygen atoms in total. The van der Waals surface area contributed by atoms with Crippen molar-refractivity contribution in [3.63, 3.8) is 0 Å². The van der Waals surface area contributed by atoms with Crippen LogP contribution < -0.4 is 76.7 Å². The van der Waals surface area contributed by atoms with E-state index in [1.807, 2.05) is 287 Å². The Hall–Kier alpha value is -8.98. The van der Waals surface area contributed by atoms with E-state index in [-0.39, 0.29) is 0 Å². The Balaban J connectivity index is 0.000000223. The summed E-state index contributed by atoms with van der Waals surface area (Å²) in [6.45, 7) is 0. The summed E-state index contributed by atoms with van der Waals surface area (Å²) in [4.78, 5) is 0. The largest absolute Gasteiger partial charge is 0.867 e. The van der Waals surface area contributed by atoms with Crippen LogP contribution in [0.5, 0.6) is 0 Å². The van der Waals surface area contributed by atoms with Crippen LogP contribution in [0.25, 0.3) is 87.2 Å². The molecular formula is C80H72B4Cl8F4N8O8. The van der Waals surface area contributed by atoms with E-state index >= 15 is 0 Å². The molecule has 112 heavy (non-hydrogen) atoms. The molecule has 0 fully saturated rings. The summed E-state index contributed by atoms with van der Waals surface area (Å²) in [6, 6.07) is 96.8. The number of nitrogens with zero attached hydrogens (tertiary/aromatic N) is 8. The monoisotopic (exact) mass is 1670 g/mol. The average Bonchev–Trinajstić information content (AvgIpc) is 0.889. The summed E-state index contributed by atoms with van der Waals surface area (Å²) in [5.41, 5.74) is 9.26. The summed E-state index contributed by atoms with van der Waals surface area (Å²) in [6.07, 6.45) is 0. The third kappa shape index (κ3) is 30.2. The van der Waals surface area contributed by atoms with Gasteiger partial charge in [0.1, 0.15) is 86.0 Å². The second-order valence-electron chi connectivity index (χ2n) is 23.3. The number of hydrogen-bond donors (Lipinski definition) is 0. The fraction of sp³-hybridized carbons (Fsp3) is 0.100. The van der Waals surface area contributed by atoms with Gasteiger partial charge in [-0.15, -0.1) is 0 Å². The summed E-state index contributed by atoms with van der Waals surface area (Å²) in [5, 5.41) is 82.2. The number of aromatic nitrogens is 8. The molecule has 0 bridgehead atoms. The highest BCUT2D eigenvalue weighted by Gasteiger charge is 2.14. The molecule has 0 spiro atoms. The van der Waals surface area contributed by atoms with E-state index in [1.165, 1.54) is 43.1 Å². The molecule has 0 aliphatic carbocycles. The van der Waals surface area contributed by atoms with Crippen molar-refractivity contribution in [3.8, 4) is 0 Å². The Morgan fingerprint density at radius 1 is 0.170 bits per heavy atom. The first-order valence-electron chi connectivity index (χ1n) is 33.3. The van der Waals surface area contributed by atoms with Gasteiger partial charge in [0.05, 0.1) is 0 Å². The topological polar surface area (TPSA) is 216 Å². The van der Waals surface area contributed by atoms with Crippen LogP contribution in [0.15, 0.2) is 291 Å². The molecule has 8 aromatic carbocycles. The zero-order chi connectivity index (χ0) is 82.7. The number of fused-ring (bicyclic) bond motifs is 8. The van der Waals surface area contributed by atoms with E-state index in [1.54, 1.807) is 0 Å². The highest BCUT2D eigenvalue weighted by atomic mass is 35.5. The molecule has 0 saturated carbocycles. The maximum Gasteiger partial charge on any atom is 0.275 e. The maximum atomic E-state index is 9.89. The van der Waals surface area contributed by atoms with Crippen molar-refractivity contribution in [2.24, 2.45) is 56.4 Å². The molecule has 0 amide bonds. The molecule has 576 valence electrons. The lowest BCUT2D eigenvalue weighted by Gasteiger charge is -2.09. The summed E-state index contributed by atoms with van der Waals surface area (Å²) >= 11 is 47.6. The number of para-hydroxylation sites is 8. The van der Waals surface area contributed by atoms with Gasteiger partial charge in [-0.05, 0) is 190 Å². The molecule has 0 aliphatic heterocycles. The first-order chi connectivity index (χ1) is 53.2. The van der Waals surface area contributed by atoms with Crippen molar-refractivity contribution in [1.29, 1.82) is 0 Å². The van der Waals surface area contributed by atoms with E-state index in [4.69, 9.17) is 133 Å². The lowest BCUT2D eigenvalue weighted by molar-refractivity contribution is -0.642. The van der Waals surface area contributed by atoms with Gasteiger partial charge in [0.25, 0.3) is 41.2 Å². The second kappa shape index (κ2) is 48.2. The van der Waals surface area contributed by atoms with Crippen molar-refractivity contribution < 1.29 is 94.0 Å². The number of benzene rings is 8. The predicted octanol–water partition coefficient (Wildman–Crippen LogP) is 9.19. The van der Waals surface area contributed by atoms with E-state index in [0.29, 0.717) is 0 Å². The van der Waals surface area contributed by atoms with Gasteiger partial charge in [-0.1, -0.05) is 97.1 Å². The van der Waals surface area contributed by atoms with Gasteiger partial charge in [-0.2, -0.15) is 36.5 Å². The molecule has 0 unspecified atom stereocenters. The summed E-state index contributed by atoms with van der Waals surface area (Å²) < 4.78 is 55.3. The molecule has 16 rings (SSSR count). The van der Waals surface area contributed by atoms with Crippen molar-refractivity contribution in [2.45, 2.75) is 0 Å². The number of rotatable bonds is 0. The maximum absolute atomic E-state index is 9.89. The Morgan fingerprint density at radius 3 is 0.339 bits per heavy atom. The first kappa shape index (κ1) is 93.6. The van der Waals surface area contributed by atoms with E-state index in [2.05, 4.69) is 97.1 Å². The van der Waals surface area contributed by atoms with E-state index < -0.39 is 29.6 Å². The van der Waals surface area contributed by atoms with Crippen molar-refractivity contribution in [2.75, 3.05) is 0 Å². The Kier molecular flexibility index (Phi) is 40.3. The lowest BCUT2D eigenvalue weighted by atomic mass is 10.2. The minimum Gasteiger partial charge on any atom is -0.867 e. The lowest BCUT2D eigenvalue weighted by Crippen LogP contribution is -2.39. The zero-order valence-electron chi connectivity index (χ0n) is 61.4. The zero-order valence-corrected chi connectivity index (χ0v) is 67.4. The van der Waals surface area contributed by atoms with Crippen LogP contribution in [0.4, 0.5) is 17.3 Å². The van der Waals surface area contributed by atoms with Crippen LogP contribution in [0.2, 0.25) is 41.2 Å². The number of aryl methyl sites for hydroxylation is 8. The van der Waals surface area contributed by atoms with Crippen molar-refractivity contribution in [3.05, 3.63) is 332 Å². The van der Waals surface area contributed by atoms with Gasteiger partial charge < -0.3 is 57.5 Å². The molecule has 0 N–H and O–H groups in total. The smallest absolute Gasteiger partial charge is 0.275 e. The molecule has 0 saturated heterocycles. The second-order valence-corrected chi connectivity index (χ2v) is 26.4. The Labute approximate surface area is 687 Å². The number of halogens is 12. The van der Waals surface area contributed by atoms with Crippen LogP contribution in [0.3, 0.4) is 0 Å². The van der Waals surface area contributed by atoms with Crippen LogP contribution in [0, 0.1) is 0 Å². The molecule has 8 aromatic heterocycles. The normalized spacial score (nSPS) is 9.96. The quantitative estimate of drug-likeness (QED) is 0.0616. The fourth-order valence-electron chi connectivity index (χ4n) is 10.6. The minimum atomic E-state index is -3.17. The van der Waals surface area contributed by atoms with Gasteiger partial charge in [0.15, 0.2) is 0 Å². The number of pyridine rings is 8. The van der Waals surface area contributed by atoms with Crippen LogP contribution in [-0.4, -0.2) is 29.6 Å². The summed E-state index contributed by atoms with van der Waals surface area (Å²) in [7, 11) is 3.04. The first-order valence-corrected chi connectivity index (χ1v) is 36.4. The molecule has 0 atom stereocenters.